The number of amides is 1. The van der Waals surface area contributed by atoms with Gasteiger partial charge in [0.05, 0.1) is 29.8 Å². The minimum absolute atomic E-state index is 0.140. The van der Waals surface area contributed by atoms with Crippen molar-refractivity contribution in [2.75, 3.05) is 26.3 Å². The molecule has 2 aromatic carbocycles. The number of halogens is 1. The van der Waals surface area contributed by atoms with Gasteiger partial charge in [0.25, 0.3) is 5.56 Å². The summed E-state index contributed by atoms with van der Waals surface area (Å²) >= 11 is 0. The maximum absolute atomic E-state index is 14.4. The fraction of sp³-hybridized carbons (Fsp3) is 0.286. The van der Waals surface area contributed by atoms with E-state index in [4.69, 9.17) is 4.74 Å². The Kier molecular flexibility index (Phi) is 5.02. The van der Waals surface area contributed by atoms with Crippen LogP contribution < -0.4 is 11.2 Å². The number of aromatic nitrogens is 2. The van der Waals surface area contributed by atoms with Gasteiger partial charge in [-0.15, -0.1) is 0 Å². The van der Waals surface area contributed by atoms with E-state index >= 15 is 0 Å². The molecule has 4 rings (SSSR count). The number of aryl methyl sites for hydroxylation is 1. The van der Waals surface area contributed by atoms with E-state index in [1.54, 1.807) is 29.2 Å². The summed E-state index contributed by atoms with van der Waals surface area (Å²) < 4.78 is 21.7. The normalized spacial score (nSPS) is 14.3. The first-order valence-corrected chi connectivity index (χ1v) is 9.34. The van der Waals surface area contributed by atoms with Gasteiger partial charge in [-0.3, -0.25) is 14.2 Å². The van der Waals surface area contributed by atoms with E-state index in [1.807, 2.05) is 6.92 Å². The first-order valence-electron chi connectivity index (χ1n) is 9.34. The molecule has 1 fully saturated rings. The van der Waals surface area contributed by atoms with E-state index in [2.05, 4.69) is 0 Å². The van der Waals surface area contributed by atoms with Crippen LogP contribution >= 0.6 is 0 Å². The molecule has 0 aliphatic carbocycles. The molecule has 0 radical (unpaired) electrons. The quantitative estimate of drug-likeness (QED) is 0.671. The lowest BCUT2D eigenvalue weighted by Gasteiger charge is -2.27. The first-order chi connectivity index (χ1) is 14.0. The topological polar surface area (TPSA) is 73.5 Å². The van der Waals surface area contributed by atoms with E-state index in [9.17, 15) is 18.8 Å². The molecule has 29 heavy (non-hydrogen) atoms. The minimum Gasteiger partial charge on any atom is -0.378 e. The van der Waals surface area contributed by atoms with Crippen LogP contribution in [-0.2, 0) is 16.1 Å². The highest BCUT2D eigenvalue weighted by atomic mass is 19.1. The predicted molar refractivity (Wildman–Crippen MR) is 106 cm³/mol. The van der Waals surface area contributed by atoms with Crippen LogP contribution in [0.4, 0.5) is 4.39 Å². The minimum atomic E-state index is -0.752. The Morgan fingerprint density at radius 2 is 1.83 bits per heavy atom. The fourth-order valence-corrected chi connectivity index (χ4v) is 3.53. The van der Waals surface area contributed by atoms with Crippen molar-refractivity contribution >= 4 is 16.8 Å². The van der Waals surface area contributed by atoms with Gasteiger partial charge >= 0.3 is 5.69 Å². The second kappa shape index (κ2) is 7.63. The van der Waals surface area contributed by atoms with Crippen molar-refractivity contribution in [3.8, 4) is 5.69 Å². The van der Waals surface area contributed by atoms with Crippen molar-refractivity contribution in [3.63, 3.8) is 0 Å². The molecule has 0 unspecified atom stereocenters. The largest absolute Gasteiger partial charge is 0.378 e. The zero-order chi connectivity index (χ0) is 20.5. The van der Waals surface area contributed by atoms with Crippen molar-refractivity contribution in [1.29, 1.82) is 0 Å². The number of rotatable bonds is 3. The van der Waals surface area contributed by atoms with Crippen LogP contribution in [0.25, 0.3) is 16.6 Å². The maximum Gasteiger partial charge on any atom is 0.336 e. The molecule has 0 bridgehead atoms. The van der Waals surface area contributed by atoms with Crippen LogP contribution in [-0.4, -0.2) is 46.2 Å². The van der Waals surface area contributed by atoms with Gasteiger partial charge in [0.1, 0.15) is 12.4 Å². The molecule has 150 valence electrons. The highest BCUT2D eigenvalue weighted by Gasteiger charge is 2.22. The number of hydrogen-bond acceptors (Lipinski definition) is 4. The number of morpholine rings is 1. The number of nitrogens with zero attached hydrogens (tertiary/aromatic N) is 3. The third-order valence-corrected chi connectivity index (χ3v) is 5.05. The molecule has 0 atom stereocenters. The van der Waals surface area contributed by atoms with Gasteiger partial charge in [-0.1, -0.05) is 23.8 Å². The highest BCUT2D eigenvalue weighted by molar-refractivity contribution is 5.82. The molecule has 0 saturated carbocycles. The second-order valence-electron chi connectivity index (χ2n) is 6.97. The van der Waals surface area contributed by atoms with Gasteiger partial charge in [-0.05, 0) is 31.2 Å². The Hall–Kier alpha value is -3.26. The number of ether oxygens (including phenoxy) is 1. The summed E-state index contributed by atoms with van der Waals surface area (Å²) in [6, 6.07) is 10.6. The zero-order valence-corrected chi connectivity index (χ0v) is 15.9. The third kappa shape index (κ3) is 3.47. The molecular weight excluding hydrogens is 377 g/mol. The van der Waals surface area contributed by atoms with E-state index in [0.717, 1.165) is 10.1 Å². The fourth-order valence-electron chi connectivity index (χ4n) is 3.53. The molecule has 1 aliphatic heterocycles. The third-order valence-electron chi connectivity index (χ3n) is 5.05. The summed E-state index contributed by atoms with van der Waals surface area (Å²) in [6.07, 6.45) is 0. The summed E-state index contributed by atoms with van der Waals surface area (Å²) in [6.45, 7) is 3.34. The SMILES string of the molecule is Cc1ccc2c(c1)c(=O)n(-c1ccccc1F)c(=O)n2CC(=O)N1CCOCC1. The Balaban J connectivity index is 1.93. The van der Waals surface area contributed by atoms with Crippen molar-refractivity contribution in [1.82, 2.24) is 14.0 Å². The molecule has 1 aromatic heterocycles. The molecule has 3 aromatic rings. The Labute approximate surface area is 165 Å². The van der Waals surface area contributed by atoms with Crippen molar-refractivity contribution in [3.05, 3.63) is 74.7 Å². The number of para-hydroxylation sites is 1. The summed E-state index contributed by atoms with van der Waals surface area (Å²) in [7, 11) is 0. The Morgan fingerprint density at radius 3 is 2.55 bits per heavy atom. The summed E-state index contributed by atoms with van der Waals surface area (Å²) in [4.78, 5) is 40.7. The molecular formula is C21H20FN3O4. The second-order valence-corrected chi connectivity index (χ2v) is 6.97. The average Bonchev–Trinajstić information content (AvgIpc) is 2.73. The van der Waals surface area contributed by atoms with Crippen LogP contribution in [0.2, 0.25) is 0 Å². The number of benzene rings is 2. The molecule has 2 heterocycles. The lowest BCUT2D eigenvalue weighted by Crippen LogP contribution is -2.46. The molecule has 0 spiro atoms. The monoisotopic (exact) mass is 397 g/mol. The van der Waals surface area contributed by atoms with E-state index in [1.165, 1.54) is 22.8 Å². The highest BCUT2D eigenvalue weighted by Crippen LogP contribution is 2.15. The van der Waals surface area contributed by atoms with Crippen molar-refractivity contribution < 1.29 is 13.9 Å². The Bertz CT molecular complexity index is 1210. The molecule has 7 nitrogen and oxygen atoms in total. The van der Waals surface area contributed by atoms with Gasteiger partial charge in [0.2, 0.25) is 5.91 Å². The van der Waals surface area contributed by atoms with Crippen LogP contribution in [0, 0.1) is 12.7 Å². The summed E-state index contributed by atoms with van der Waals surface area (Å²) in [5.41, 5.74) is -0.343. The number of carbonyl (C=O) groups is 1. The van der Waals surface area contributed by atoms with E-state index in [0.29, 0.717) is 31.8 Å². The molecule has 1 saturated heterocycles. The first kappa shape index (κ1) is 19.1. The summed E-state index contributed by atoms with van der Waals surface area (Å²) in [5.74, 6) is -0.944. The van der Waals surface area contributed by atoms with Crippen LogP contribution in [0.1, 0.15) is 5.56 Å². The van der Waals surface area contributed by atoms with Crippen LogP contribution in [0.3, 0.4) is 0 Å². The van der Waals surface area contributed by atoms with Crippen LogP contribution in [0.15, 0.2) is 52.1 Å². The molecule has 1 aliphatic rings. The smallest absolute Gasteiger partial charge is 0.336 e. The van der Waals surface area contributed by atoms with E-state index in [-0.39, 0.29) is 23.5 Å². The van der Waals surface area contributed by atoms with E-state index < -0.39 is 17.1 Å². The summed E-state index contributed by atoms with van der Waals surface area (Å²) in [5, 5.41) is 0.252. The van der Waals surface area contributed by atoms with Gasteiger partial charge in [0.15, 0.2) is 0 Å². The Morgan fingerprint density at radius 1 is 1.10 bits per heavy atom. The zero-order valence-electron chi connectivity index (χ0n) is 15.9. The van der Waals surface area contributed by atoms with Gasteiger partial charge in [0, 0.05) is 13.1 Å². The number of fused-ring (bicyclic) bond motifs is 1. The molecule has 1 amide bonds. The average molecular weight is 397 g/mol. The van der Waals surface area contributed by atoms with Gasteiger partial charge in [-0.2, -0.15) is 0 Å². The number of carbonyl (C=O) groups excluding carboxylic acids is 1. The van der Waals surface area contributed by atoms with Gasteiger partial charge < -0.3 is 9.64 Å². The van der Waals surface area contributed by atoms with Gasteiger partial charge in [-0.25, -0.2) is 13.8 Å². The standard InChI is InChI=1S/C21H20FN3O4/c1-14-6-7-17-15(12-14)20(27)25(18-5-3-2-4-16(18)22)21(28)24(17)13-19(26)23-8-10-29-11-9-23/h2-7,12H,8-11,13H2,1H3. The van der Waals surface area contributed by atoms with Crippen LogP contribution in [0.5, 0.6) is 0 Å². The van der Waals surface area contributed by atoms with Crippen molar-refractivity contribution in [2.24, 2.45) is 0 Å². The lowest BCUT2D eigenvalue weighted by molar-refractivity contribution is -0.135. The number of hydrogen-bond donors (Lipinski definition) is 0. The molecule has 8 heteroatoms. The lowest BCUT2D eigenvalue weighted by atomic mass is 10.1. The maximum atomic E-state index is 14.4. The molecule has 0 N–H and O–H groups in total. The predicted octanol–water partition coefficient (Wildman–Crippen LogP) is 1.46. The van der Waals surface area contributed by atoms with Crippen molar-refractivity contribution in [2.45, 2.75) is 13.5 Å².